The molecule has 0 saturated carbocycles. The summed E-state index contributed by atoms with van der Waals surface area (Å²) in [5.74, 6) is 2.91. The second-order valence-corrected chi connectivity index (χ2v) is 8.17. The summed E-state index contributed by atoms with van der Waals surface area (Å²) in [6.45, 7) is 10.8. The predicted octanol–water partition coefficient (Wildman–Crippen LogP) is 4.21. The van der Waals surface area contributed by atoms with Crippen LogP contribution < -0.4 is 10.2 Å². The van der Waals surface area contributed by atoms with Crippen LogP contribution in [0.25, 0.3) is 11.0 Å². The van der Waals surface area contributed by atoms with E-state index in [0.29, 0.717) is 11.8 Å². The summed E-state index contributed by atoms with van der Waals surface area (Å²) in [6, 6.07) is 6.41. The Labute approximate surface area is 160 Å². The Morgan fingerprint density at radius 3 is 2.52 bits per heavy atom. The quantitative estimate of drug-likeness (QED) is 0.754. The lowest BCUT2D eigenvalue weighted by atomic mass is 9.92. The van der Waals surface area contributed by atoms with Crippen LogP contribution in [0.4, 0.5) is 17.5 Å². The summed E-state index contributed by atoms with van der Waals surface area (Å²) in [5, 5.41) is 8.88. The number of hydrogen-bond acceptors (Lipinski definition) is 5. The number of fused-ring (bicyclic) bond motifs is 1. The predicted molar refractivity (Wildman–Crippen MR) is 111 cm³/mol. The molecule has 1 fully saturated rings. The van der Waals surface area contributed by atoms with Crippen LogP contribution in [0.15, 0.2) is 24.4 Å². The molecule has 4 rings (SSSR count). The number of hydrogen-bond donors (Lipinski definition) is 1. The van der Waals surface area contributed by atoms with E-state index in [0.717, 1.165) is 41.6 Å². The van der Waals surface area contributed by atoms with Gasteiger partial charge in [-0.05, 0) is 43.7 Å². The molecule has 0 bridgehead atoms. The lowest BCUT2D eigenvalue weighted by Crippen LogP contribution is -2.39. The van der Waals surface area contributed by atoms with Crippen LogP contribution in [0.3, 0.4) is 0 Å². The van der Waals surface area contributed by atoms with Crippen LogP contribution in [-0.2, 0) is 7.05 Å². The lowest BCUT2D eigenvalue weighted by Gasteiger charge is -2.35. The normalized spacial score (nSPS) is 20.3. The molecule has 0 radical (unpaired) electrons. The van der Waals surface area contributed by atoms with E-state index in [1.165, 1.54) is 17.5 Å². The first-order chi connectivity index (χ1) is 12.9. The molecule has 0 spiro atoms. The van der Waals surface area contributed by atoms with Gasteiger partial charge < -0.3 is 10.2 Å². The summed E-state index contributed by atoms with van der Waals surface area (Å²) in [5.41, 5.74) is 4.38. The molecule has 2 atom stereocenters. The summed E-state index contributed by atoms with van der Waals surface area (Å²) in [4.78, 5) is 12.1. The van der Waals surface area contributed by atoms with Gasteiger partial charge >= 0.3 is 0 Å². The minimum atomic E-state index is 0.648. The number of benzene rings is 1. The second-order valence-electron chi connectivity index (χ2n) is 8.17. The zero-order valence-electron chi connectivity index (χ0n) is 16.8. The van der Waals surface area contributed by atoms with Crippen molar-refractivity contribution in [2.45, 2.75) is 34.1 Å². The van der Waals surface area contributed by atoms with Gasteiger partial charge in [0.15, 0.2) is 5.65 Å². The molecule has 6 nitrogen and oxygen atoms in total. The molecule has 6 heteroatoms. The third-order valence-electron chi connectivity index (χ3n) is 5.37. The topological polar surface area (TPSA) is 58.9 Å². The molecule has 1 N–H and O–H groups in total. The summed E-state index contributed by atoms with van der Waals surface area (Å²) < 4.78 is 1.82. The molecule has 3 heterocycles. The maximum atomic E-state index is 4.92. The highest BCUT2D eigenvalue weighted by atomic mass is 15.3. The largest absolute Gasteiger partial charge is 0.340 e. The molecule has 27 heavy (non-hydrogen) atoms. The Kier molecular flexibility index (Phi) is 4.50. The van der Waals surface area contributed by atoms with Crippen molar-refractivity contribution in [2.24, 2.45) is 18.9 Å². The first-order valence-corrected chi connectivity index (χ1v) is 9.69. The Morgan fingerprint density at radius 1 is 1.07 bits per heavy atom. The van der Waals surface area contributed by atoms with Gasteiger partial charge in [-0.1, -0.05) is 31.5 Å². The van der Waals surface area contributed by atoms with E-state index in [1.807, 2.05) is 17.9 Å². The molecule has 0 amide bonds. The molecule has 0 unspecified atom stereocenters. The molecule has 3 aromatic rings. The standard InChI is InChI=1S/C21H28N6/c1-13-6-7-18(16(4)9-13)23-19-17-10-22-26(5)20(17)25-21(24-19)27-11-14(2)8-15(3)12-27/h6-7,9-10,14-15H,8,11-12H2,1-5H3,(H,23,24,25)/t14-,15-/m0/s1. The van der Waals surface area contributed by atoms with E-state index >= 15 is 0 Å². The van der Waals surface area contributed by atoms with Crippen molar-refractivity contribution in [2.75, 3.05) is 23.3 Å². The molecular formula is C21H28N6. The number of rotatable bonds is 3. The zero-order chi connectivity index (χ0) is 19.1. The minimum absolute atomic E-state index is 0.648. The molecule has 142 valence electrons. The van der Waals surface area contributed by atoms with Gasteiger partial charge in [-0.3, -0.25) is 4.68 Å². The summed E-state index contributed by atoms with van der Waals surface area (Å²) >= 11 is 0. The molecule has 1 aliphatic heterocycles. The maximum Gasteiger partial charge on any atom is 0.229 e. The van der Waals surface area contributed by atoms with Crippen LogP contribution in [0.2, 0.25) is 0 Å². The van der Waals surface area contributed by atoms with Crippen molar-refractivity contribution in [3.8, 4) is 0 Å². The van der Waals surface area contributed by atoms with E-state index in [-0.39, 0.29) is 0 Å². The lowest BCUT2D eigenvalue weighted by molar-refractivity contribution is 0.354. The van der Waals surface area contributed by atoms with Crippen LogP contribution in [0.5, 0.6) is 0 Å². The molecule has 1 saturated heterocycles. The van der Waals surface area contributed by atoms with Gasteiger partial charge in [0, 0.05) is 25.8 Å². The second kappa shape index (κ2) is 6.83. The summed E-state index contributed by atoms with van der Waals surface area (Å²) in [7, 11) is 1.93. The first kappa shape index (κ1) is 17.8. The van der Waals surface area contributed by atoms with Crippen LogP contribution in [0.1, 0.15) is 31.4 Å². The van der Waals surface area contributed by atoms with Crippen molar-refractivity contribution in [3.63, 3.8) is 0 Å². The Hall–Kier alpha value is -2.63. The fourth-order valence-electron chi connectivity index (χ4n) is 4.16. The van der Waals surface area contributed by atoms with E-state index < -0.39 is 0 Å². The SMILES string of the molecule is Cc1ccc(Nc2nc(N3C[C@@H](C)C[C@H](C)C3)nc3c2cnn3C)c(C)c1. The van der Waals surface area contributed by atoms with Gasteiger partial charge in [-0.25, -0.2) is 0 Å². The number of aromatic nitrogens is 4. The third kappa shape index (κ3) is 3.48. The van der Waals surface area contributed by atoms with E-state index in [9.17, 15) is 0 Å². The Balaban J connectivity index is 1.77. The summed E-state index contributed by atoms with van der Waals surface area (Å²) in [6.07, 6.45) is 3.10. The van der Waals surface area contributed by atoms with Crippen molar-refractivity contribution in [1.29, 1.82) is 0 Å². The molecule has 1 aliphatic rings. The zero-order valence-corrected chi connectivity index (χ0v) is 16.8. The van der Waals surface area contributed by atoms with Crippen LogP contribution >= 0.6 is 0 Å². The van der Waals surface area contributed by atoms with Gasteiger partial charge in [0.05, 0.1) is 11.6 Å². The molecule has 1 aromatic carbocycles. The van der Waals surface area contributed by atoms with Crippen molar-refractivity contribution < 1.29 is 0 Å². The van der Waals surface area contributed by atoms with Gasteiger partial charge in [0.1, 0.15) is 5.82 Å². The van der Waals surface area contributed by atoms with E-state index in [2.05, 4.69) is 61.2 Å². The van der Waals surface area contributed by atoms with Gasteiger partial charge in [0.25, 0.3) is 0 Å². The minimum Gasteiger partial charge on any atom is -0.340 e. The highest BCUT2D eigenvalue weighted by Crippen LogP contribution is 2.30. The number of aryl methyl sites for hydroxylation is 3. The highest BCUT2D eigenvalue weighted by Gasteiger charge is 2.25. The average molecular weight is 364 g/mol. The first-order valence-electron chi connectivity index (χ1n) is 9.69. The fraction of sp³-hybridized carbons (Fsp3) is 0.476. The smallest absolute Gasteiger partial charge is 0.229 e. The number of nitrogens with one attached hydrogen (secondary N) is 1. The molecule has 0 aliphatic carbocycles. The average Bonchev–Trinajstić information content (AvgIpc) is 2.98. The van der Waals surface area contributed by atoms with Crippen LogP contribution in [-0.4, -0.2) is 32.8 Å². The third-order valence-corrected chi connectivity index (χ3v) is 5.37. The number of piperidine rings is 1. The monoisotopic (exact) mass is 364 g/mol. The van der Waals surface area contributed by atoms with E-state index in [4.69, 9.17) is 9.97 Å². The van der Waals surface area contributed by atoms with Gasteiger partial charge in [0.2, 0.25) is 5.95 Å². The van der Waals surface area contributed by atoms with Gasteiger partial charge in [-0.2, -0.15) is 15.1 Å². The van der Waals surface area contributed by atoms with Crippen molar-refractivity contribution in [3.05, 3.63) is 35.5 Å². The Bertz CT molecular complexity index is 966. The highest BCUT2D eigenvalue weighted by molar-refractivity contribution is 5.89. The fourth-order valence-corrected chi connectivity index (χ4v) is 4.16. The van der Waals surface area contributed by atoms with Crippen molar-refractivity contribution >= 4 is 28.5 Å². The molecular weight excluding hydrogens is 336 g/mol. The Morgan fingerprint density at radius 2 is 1.81 bits per heavy atom. The van der Waals surface area contributed by atoms with Gasteiger partial charge in [-0.15, -0.1) is 0 Å². The maximum absolute atomic E-state index is 4.92. The van der Waals surface area contributed by atoms with E-state index in [1.54, 1.807) is 0 Å². The van der Waals surface area contributed by atoms with Crippen molar-refractivity contribution in [1.82, 2.24) is 19.7 Å². The number of anilines is 3. The van der Waals surface area contributed by atoms with Crippen LogP contribution in [0, 0.1) is 25.7 Å². The molecule has 2 aromatic heterocycles. The number of nitrogens with zero attached hydrogens (tertiary/aromatic N) is 5.